The second kappa shape index (κ2) is 6.26. The van der Waals surface area contributed by atoms with E-state index in [1.54, 1.807) is 15.4 Å². The maximum absolute atomic E-state index is 6.54. The van der Waals surface area contributed by atoms with E-state index in [0.717, 1.165) is 16.9 Å². The van der Waals surface area contributed by atoms with E-state index in [9.17, 15) is 0 Å². The molecule has 0 amide bonds. The zero-order valence-corrected chi connectivity index (χ0v) is 14.4. The van der Waals surface area contributed by atoms with Crippen molar-refractivity contribution in [3.8, 4) is 5.69 Å². The molecule has 4 aromatic rings. The second-order valence-corrected chi connectivity index (χ2v) is 6.45. The summed E-state index contributed by atoms with van der Waals surface area (Å²) in [6, 6.07) is 11.7. The van der Waals surface area contributed by atoms with Crippen LogP contribution >= 0.6 is 23.4 Å². The molecule has 0 saturated heterocycles. The van der Waals surface area contributed by atoms with Gasteiger partial charge in [0.15, 0.2) is 0 Å². The van der Waals surface area contributed by atoms with Gasteiger partial charge < -0.3 is 0 Å². The van der Waals surface area contributed by atoms with Crippen LogP contribution in [0.25, 0.3) is 11.5 Å². The number of hydrogen-bond donors (Lipinski definition) is 0. The van der Waals surface area contributed by atoms with E-state index in [0.29, 0.717) is 21.8 Å². The average molecular weight is 357 g/mol. The standard InChI is InChI=1S/C16H13ClN6S/c1-11-13(14(17)23(20-11)12-6-3-2-4-7-12)10-24-16-19-15-18-8-5-9-22(15)21-16/h2-9H,10H2,1H3. The number of aromatic nitrogens is 6. The van der Waals surface area contributed by atoms with Gasteiger partial charge in [0, 0.05) is 23.7 Å². The highest BCUT2D eigenvalue weighted by Crippen LogP contribution is 2.29. The van der Waals surface area contributed by atoms with Gasteiger partial charge in [-0.3, -0.25) is 0 Å². The summed E-state index contributed by atoms with van der Waals surface area (Å²) in [7, 11) is 0. The van der Waals surface area contributed by atoms with Crippen molar-refractivity contribution in [2.75, 3.05) is 0 Å². The van der Waals surface area contributed by atoms with Crippen molar-refractivity contribution < 1.29 is 0 Å². The summed E-state index contributed by atoms with van der Waals surface area (Å²) < 4.78 is 3.41. The van der Waals surface area contributed by atoms with Gasteiger partial charge in [0.25, 0.3) is 5.78 Å². The molecule has 3 aromatic heterocycles. The Morgan fingerprint density at radius 1 is 1.12 bits per heavy atom. The number of hydrogen-bond acceptors (Lipinski definition) is 5. The molecule has 4 rings (SSSR count). The van der Waals surface area contributed by atoms with Crippen molar-refractivity contribution in [1.82, 2.24) is 29.4 Å². The highest BCUT2D eigenvalue weighted by molar-refractivity contribution is 7.98. The summed E-state index contributed by atoms with van der Waals surface area (Å²) in [4.78, 5) is 8.55. The first kappa shape index (κ1) is 15.2. The van der Waals surface area contributed by atoms with Crippen LogP contribution < -0.4 is 0 Å². The lowest BCUT2D eigenvalue weighted by Gasteiger charge is -2.02. The summed E-state index contributed by atoms with van der Waals surface area (Å²) in [5.74, 6) is 1.23. The lowest BCUT2D eigenvalue weighted by Crippen LogP contribution is -1.96. The monoisotopic (exact) mass is 356 g/mol. The van der Waals surface area contributed by atoms with Gasteiger partial charge in [0.2, 0.25) is 5.16 Å². The number of rotatable bonds is 4. The van der Waals surface area contributed by atoms with Crippen molar-refractivity contribution >= 4 is 29.1 Å². The van der Waals surface area contributed by atoms with Crippen LogP contribution in [0.3, 0.4) is 0 Å². The SMILES string of the molecule is Cc1nn(-c2ccccc2)c(Cl)c1CSc1nc2ncccn2n1. The predicted octanol–water partition coefficient (Wildman–Crippen LogP) is 3.56. The zero-order chi connectivity index (χ0) is 16.5. The molecular weight excluding hydrogens is 344 g/mol. The van der Waals surface area contributed by atoms with Crippen molar-refractivity contribution in [3.05, 3.63) is 65.2 Å². The molecule has 1 aromatic carbocycles. The smallest absolute Gasteiger partial charge is 0.222 e. The fraction of sp³-hybridized carbons (Fsp3) is 0.125. The van der Waals surface area contributed by atoms with Crippen molar-refractivity contribution in [2.24, 2.45) is 0 Å². The molecule has 0 radical (unpaired) electrons. The minimum absolute atomic E-state index is 0.586. The molecule has 0 aliphatic heterocycles. The quantitative estimate of drug-likeness (QED) is 0.523. The molecule has 6 nitrogen and oxygen atoms in total. The zero-order valence-electron chi connectivity index (χ0n) is 12.8. The fourth-order valence-corrected chi connectivity index (χ4v) is 3.68. The number of para-hydroxylation sites is 1. The third-order valence-corrected chi connectivity index (χ3v) is 4.82. The van der Waals surface area contributed by atoms with Crippen LogP contribution in [-0.4, -0.2) is 29.4 Å². The van der Waals surface area contributed by atoms with E-state index in [4.69, 9.17) is 11.6 Å². The van der Waals surface area contributed by atoms with Crippen LogP contribution in [0.1, 0.15) is 11.3 Å². The Hall–Kier alpha value is -2.38. The summed E-state index contributed by atoms with van der Waals surface area (Å²) in [6.45, 7) is 1.96. The molecule has 120 valence electrons. The van der Waals surface area contributed by atoms with Gasteiger partial charge in [-0.25, -0.2) is 14.2 Å². The van der Waals surface area contributed by atoms with E-state index in [1.165, 1.54) is 11.8 Å². The molecule has 0 bridgehead atoms. The molecule has 0 N–H and O–H groups in total. The Bertz CT molecular complexity index is 961. The van der Waals surface area contributed by atoms with E-state index in [2.05, 4.69) is 20.2 Å². The summed E-state index contributed by atoms with van der Waals surface area (Å²) in [5.41, 5.74) is 2.83. The molecule has 0 unspecified atom stereocenters. The Kier molecular flexibility index (Phi) is 3.95. The van der Waals surface area contributed by atoms with Crippen LogP contribution in [0.5, 0.6) is 0 Å². The van der Waals surface area contributed by atoms with E-state index >= 15 is 0 Å². The third-order valence-electron chi connectivity index (χ3n) is 3.57. The molecule has 0 fully saturated rings. The maximum Gasteiger partial charge on any atom is 0.253 e. The molecule has 0 aliphatic rings. The number of fused-ring (bicyclic) bond motifs is 1. The minimum Gasteiger partial charge on any atom is -0.222 e. The maximum atomic E-state index is 6.54. The number of aryl methyl sites for hydroxylation is 1. The Labute approximate surface area is 147 Å². The van der Waals surface area contributed by atoms with Crippen LogP contribution in [0.2, 0.25) is 5.15 Å². The molecular formula is C16H13ClN6S. The first-order chi connectivity index (χ1) is 11.7. The summed E-state index contributed by atoms with van der Waals surface area (Å²) in [5, 5.41) is 10.2. The van der Waals surface area contributed by atoms with E-state index in [1.807, 2.05) is 49.5 Å². The van der Waals surface area contributed by atoms with Gasteiger partial charge in [-0.15, -0.1) is 5.10 Å². The lowest BCUT2D eigenvalue weighted by molar-refractivity contribution is 0.863. The lowest BCUT2D eigenvalue weighted by atomic mass is 10.3. The Morgan fingerprint density at radius 3 is 2.75 bits per heavy atom. The molecule has 0 aliphatic carbocycles. The second-order valence-electron chi connectivity index (χ2n) is 5.15. The first-order valence-electron chi connectivity index (χ1n) is 7.32. The van der Waals surface area contributed by atoms with Crippen LogP contribution in [0.4, 0.5) is 0 Å². The largest absolute Gasteiger partial charge is 0.253 e. The van der Waals surface area contributed by atoms with E-state index in [-0.39, 0.29) is 0 Å². The van der Waals surface area contributed by atoms with E-state index < -0.39 is 0 Å². The Balaban J connectivity index is 1.59. The highest BCUT2D eigenvalue weighted by Gasteiger charge is 2.16. The first-order valence-corrected chi connectivity index (χ1v) is 8.68. The number of benzene rings is 1. The highest BCUT2D eigenvalue weighted by atomic mass is 35.5. The molecule has 24 heavy (non-hydrogen) atoms. The average Bonchev–Trinajstić information content (AvgIpc) is 3.14. The van der Waals surface area contributed by atoms with Gasteiger partial charge in [-0.1, -0.05) is 41.6 Å². The van der Waals surface area contributed by atoms with Gasteiger partial charge in [-0.05, 0) is 25.1 Å². The summed E-state index contributed by atoms with van der Waals surface area (Å²) in [6.07, 6.45) is 3.52. The third kappa shape index (κ3) is 2.76. The molecule has 0 saturated carbocycles. The molecule has 8 heteroatoms. The predicted molar refractivity (Wildman–Crippen MR) is 93.7 cm³/mol. The van der Waals surface area contributed by atoms with Crippen LogP contribution in [0, 0.1) is 6.92 Å². The van der Waals surface area contributed by atoms with Crippen LogP contribution in [0.15, 0.2) is 53.9 Å². The minimum atomic E-state index is 0.586. The van der Waals surface area contributed by atoms with Crippen molar-refractivity contribution in [1.29, 1.82) is 0 Å². The van der Waals surface area contributed by atoms with Crippen molar-refractivity contribution in [3.63, 3.8) is 0 Å². The number of halogens is 1. The normalized spacial score (nSPS) is 11.2. The van der Waals surface area contributed by atoms with Gasteiger partial charge in [-0.2, -0.15) is 10.1 Å². The van der Waals surface area contributed by atoms with Gasteiger partial charge >= 0.3 is 0 Å². The molecule has 3 heterocycles. The molecule has 0 atom stereocenters. The fourth-order valence-electron chi connectivity index (χ4n) is 2.35. The summed E-state index contributed by atoms with van der Waals surface area (Å²) >= 11 is 8.05. The van der Waals surface area contributed by atoms with Crippen LogP contribution in [-0.2, 0) is 5.75 Å². The topological polar surface area (TPSA) is 60.9 Å². The molecule has 0 spiro atoms. The number of thioether (sulfide) groups is 1. The van der Waals surface area contributed by atoms with Gasteiger partial charge in [0.1, 0.15) is 5.15 Å². The van der Waals surface area contributed by atoms with Gasteiger partial charge in [0.05, 0.1) is 11.4 Å². The van der Waals surface area contributed by atoms with Crippen molar-refractivity contribution in [2.45, 2.75) is 17.8 Å². The number of nitrogens with zero attached hydrogens (tertiary/aromatic N) is 6. The Morgan fingerprint density at radius 2 is 1.96 bits per heavy atom.